The molecule has 0 spiro atoms. The van der Waals surface area contributed by atoms with E-state index in [4.69, 9.17) is 4.74 Å². The van der Waals surface area contributed by atoms with Gasteiger partial charge in [0.1, 0.15) is 11.6 Å². The first-order valence-electron chi connectivity index (χ1n) is 9.85. The Morgan fingerprint density at radius 3 is 2.52 bits per heavy atom. The minimum Gasteiger partial charge on any atom is -0.494 e. The van der Waals surface area contributed by atoms with Gasteiger partial charge in [-0.3, -0.25) is 14.6 Å². The van der Waals surface area contributed by atoms with Gasteiger partial charge in [0.15, 0.2) is 5.69 Å². The summed E-state index contributed by atoms with van der Waals surface area (Å²) < 4.78 is 20.0. The molecule has 0 atom stereocenters. The number of rotatable bonds is 6. The average Bonchev–Trinajstić information content (AvgIpc) is 3.22. The fourth-order valence-corrected chi connectivity index (χ4v) is 3.12. The van der Waals surface area contributed by atoms with E-state index in [0.29, 0.717) is 34.1 Å². The van der Waals surface area contributed by atoms with Gasteiger partial charge < -0.3 is 15.4 Å². The summed E-state index contributed by atoms with van der Waals surface area (Å²) in [6, 6.07) is 13.8. The lowest BCUT2D eigenvalue weighted by atomic mass is 10.2. The second kappa shape index (κ2) is 9.27. The standard InChI is InChI=1S/C23H19FN6O3/c1-14-21(28-29-30(14)18-8-5-16(24)6-9-18)23(32)26-17-7-10-19(20(12-17)33-2)27-22(31)15-4-3-11-25-13-15/h3-13H,1-2H3,(H,26,32)(H,27,31). The first-order valence-corrected chi connectivity index (χ1v) is 9.85. The fourth-order valence-electron chi connectivity index (χ4n) is 3.12. The molecule has 9 nitrogen and oxygen atoms in total. The van der Waals surface area contributed by atoms with Crippen LogP contribution in [0, 0.1) is 12.7 Å². The zero-order valence-corrected chi connectivity index (χ0v) is 17.7. The molecule has 10 heteroatoms. The Balaban J connectivity index is 1.51. The summed E-state index contributed by atoms with van der Waals surface area (Å²) in [7, 11) is 1.46. The van der Waals surface area contributed by atoms with Crippen LogP contribution in [0.15, 0.2) is 67.0 Å². The number of benzene rings is 2. The number of hydrogen-bond acceptors (Lipinski definition) is 6. The number of anilines is 2. The molecule has 0 saturated carbocycles. The summed E-state index contributed by atoms with van der Waals surface area (Å²) in [5.74, 6) is -0.832. The molecule has 166 valence electrons. The summed E-state index contributed by atoms with van der Waals surface area (Å²) in [6.45, 7) is 1.69. The number of aromatic nitrogens is 4. The highest BCUT2D eigenvalue weighted by Crippen LogP contribution is 2.29. The van der Waals surface area contributed by atoms with Crippen molar-refractivity contribution in [2.75, 3.05) is 17.7 Å². The van der Waals surface area contributed by atoms with Gasteiger partial charge in [-0.15, -0.1) is 5.10 Å². The number of nitrogens with zero attached hydrogens (tertiary/aromatic N) is 4. The van der Waals surface area contributed by atoms with Gasteiger partial charge in [0.05, 0.1) is 29.7 Å². The molecule has 2 aromatic heterocycles. The SMILES string of the molecule is COc1cc(NC(=O)c2nnn(-c3ccc(F)cc3)c2C)ccc1NC(=O)c1cccnc1. The highest BCUT2D eigenvalue weighted by atomic mass is 19.1. The van der Waals surface area contributed by atoms with Crippen LogP contribution in [-0.2, 0) is 0 Å². The van der Waals surface area contributed by atoms with Crippen LogP contribution in [0.3, 0.4) is 0 Å². The Morgan fingerprint density at radius 2 is 1.82 bits per heavy atom. The van der Waals surface area contributed by atoms with E-state index >= 15 is 0 Å². The fraction of sp³-hybridized carbons (Fsp3) is 0.0870. The number of carbonyl (C=O) groups excluding carboxylic acids is 2. The molecule has 0 saturated heterocycles. The maximum absolute atomic E-state index is 13.2. The zero-order chi connectivity index (χ0) is 23.4. The monoisotopic (exact) mass is 446 g/mol. The molecule has 0 aliphatic rings. The van der Waals surface area contributed by atoms with E-state index in [1.165, 1.54) is 30.1 Å². The number of nitrogens with one attached hydrogen (secondary N) is 2. The third kappa shape index (κ3) is 4.69. The second-order valence-electron chi connectivity index (χ2n) is 6.98. The largest absolute Gasteiger partial charge is 0.494 e. The van der Waals surface area contributed by atoms with Crippen molar-refractivity contribution < 1.29 is 18.7 Å². The lowest BCUT2D eigenvalue weighted by Gasteiger charge is -2.12. The molecule has 2 heterocycles. The quantitative estimate of drug-likeness (QED) is 0.468. The van der Waals surface area contributed by atoms with Gasteiger partial charge in [0, 0.05) is 24.1 Å². The molecule has 0 aliphatic carbocycles. The van der Waals surface area contributed by atoms with E-state index in [9.17, 15) is 14.0 Å². The molecule has 0 radical (unpaired) electrons. The van der Waals surface area contributed by atoms with E-state index in [1.807, 2.05) is 0 Å². The smallest absolute Gasteiger partial charge is 0.278 e. The van der Waals surface area contributed by atoms with Crippen LogP contribution in [0.25, 0.3) is 5.69 Å². The van der Waals surface area contributed by atoms with Crippen molar-refractivity contribution in [1.82, 2.24) is 20.0 Å². The van der Waals surface area contributed by atoms with Crippen LogP contribution in [-0.4, -0.2) is 38.9 Å². The van der Waals surface area contributed by atoms with E-state index in [0.717, 1.165) is 0 Å². The molecule has 0 unspecified atom stereocenters. The Morgan fingerprint density at radius 1 is 1.03 bits per heavy atom. The first-order chi connectivity index (χ1) is 16.0. The van der Waals surface area contributed by atoms with Gasteiger partial charge in [-0.05, 0) is 55.5 Å². The third-order valence-electron chi connectivity index (χ3n) is 4.81. The number of methoxy groups -OCH3 is 1. The molecule has 4 aromatic rings. The summed E-state index contributed by atoms with van der Waals surface area (Å²) in [4.78, 5) is 29.1. The third-order valence-corrected chi connectivity index (χ3v) is 4.81. The van der Waals surface area contributed by atoms with Crippen LogP contribution in [0.1, 0.15) is 26.5 Å². The van der Waals surface area contributed by atoms with E-state index in [-0.39, 0.29) is 17.4 Å². The number of pyridine rings is 1. The van der Waals surface area contributed by atoms with Crippen LogP contribution < -0.4 is 15.4 Å². The predicted molar refractivity (Wildman–Crippen MR) is 119 cm³/mol. The van der Waals surface area contributed by atoms with Gasteiger partial charge in [-0.25, -0.2) is 9.07 Å². The van der Waals surface area contributed by atoms with Crippen LogP contribution in [0.4, 0.5) is 15.8 Å². The molecule has 4 rings (SSSR count). The Kier molecular flexibility index (Phi) is 6.07. The van der Waals surface area contributed by atoms with Crippen molar-refractivity contribution in [3.8, 4) is 11.4 Å². The molecule has 0 bridgehead atoms. The van der Waals surface area contributed by atoms with Gasteiger partial charge >= 0.3 is 0 Å². The topological polar surface area (TPSA) is 111 Å². The number of carbonyl (C=O) groups is 2. The molecule has 2 amide bonds. The lowest BCUT2D eigenvalue weighted by Crippen LogP contribution is -2.15. The Hall–Kier alpha value is -4.60. The van der Waals surface area contributed by atoms with Crippen LogP contribution in [0.5, 0.6) is 5.75 Å². The summed E-state index contributed by atoms with van der Waals surface area (Å²) in [5, 5.41) is 13.4. The first kappa shape index (κ1) is 21.6. The number of amides is 2. The van der Waals surface area contributed by atoms with E-state index < -0.39 is 5.91 Å². The number of ether oxygens (including phenoxy) is 1. The molecule has 2 N–H and O–H groups in total. The molecular weight excluding hydrogens is 427 g/mol. The highest BCUT2D eigenvalue weighted by molar-refractivity contribution is 6.06. The van der Waals surface area contributed by atoms with Crippen molar-refractivity contribution >= 4 is 23.2 Å². The highest BCUT2D eigenvalue weighted by Gasteiger charge is 2.18. The molecule has 0 aliphatic heterocycles. The van der Waals surface area contributed by atoms with Crippen LogP contribution >= 0.6 is 0 Å². The van der Waals surface area contributed by atoms with Crippen molar-refractivity contribution in [2.45, 2.75) is 6.92 Å². The van der Waals surface area contributed by atoms with Gasteiger partial charge in [0.2, 0.25) is 0 Å². The van der Waals surface area contributed by atoms with Crippen LogP contribution in [0.2, 0.25) is 0 Å². The maximum Gasteiger partial charge on any atom is 0.278 e. The number of halogens is 1. The van der Waals surface area contributed by atoms with Crippen molar-refractivity contribution in [2.24, 2.45) is 0 Å². The normalized spacial score (nSPS) is 10.5. The molecule has 0 fully saturated rings. The van der Waals surface area contributed by atoms with E-state index in [1.54, 1.807) is 55.6 Å². The predicted octanol–water partition coefficient (Wildman–Crippen LogP) is 3.62. The minimum absolute atomic E-state index is 0.118. The Labute approximate surface area is 188 Å². The summed E-state index contributed by atoms with van der Waals surface area (Å²) in [6.07, 6.45) is 3.03. The lowest BCUT2D eigenvalue weighted by molar-refractivity contribution is 0.101. The van der Waals surface area contributed by atoms with Gasteiger partial charge in [-0.2, -0.15) is 0 Å². The molecular formula is C23H19FN6O3. The molecule has 33 heavy (non-hydrogen) atoms. The van der Waals surface area contributed by atoms with Gasteiger partial charge in [-0.1, -0.05) is 5.21 Å². The van der Waals surface area contributed by atoms with Gasteiger partial charge in [0.25, 0.3) is 11.8 Å². The van der Waals surface area contributed by atoms with Crippen molar-refractivity contribution in [3.05, 3.63) is 89.8 Å². The summed E-state index contributed by atoms with van der Waals surface area (Å²) >= 11 is 0. The maximum atomic E-state index is 13.2. The number of hydrogen-bond donors (Lipinski definition) is 2. The Bertz CT molecular complexity index is 1310. The second-order valence-corrected chi connectivity index (χ2v) is 6.98. The van der Waals surface area contributed by atoms with Crippen molar-refractivity contribution in [3.63, 3.8) is 0 Å². The molecule has 2 aromatic carbocycles. The summed E-state index contributed by atoms with van der Waals surface area (Å²) in [5.41, 5.74) is 2.46. The average molecular weight is 446 g/mol. The van der Waals surface area contributed by atoms with Crippen molar-refractivity contribution in [1.29, 1.82) is 0 Å². The minimum atomic E-state index is -0.477. The van der Waals surface area contributed by atoms with E-state index in [2.05, 4.69) is 25.9 Å². The zero-order valence-electron chi connectivity index (χ0n) is 17.7.